The highest BCUT2D eigenvalue weighted by atomic mass is 16.4. The van der Waals surface area contributed by atoms with Crippen molar-refractivity contribution >= 4 is 17.8 Å². The molecule has 0 aliphatic carbocycles. The van der Waals surface area contributed by atoms with E-state index >= 15 is 0 Å². The number of piperidine rings is 1. The second-order valence-electron chi connectivity index (χ2n) is 5.44. The van der Waals surface area contributed by atoms with Crippen molar-refractivity contribution in [2.75, 3.05) is 13.6 Å². The molecular formula is C12H20N2O4. The molecule has 2 N–H and O–H groups in total. The third-order valence-electron chi connectivity index (χ3n) is 3.17. The van der Waals surface area contributed by atoms with E-state index < -0.39 is 11.4 Å². The molecule has 6 nitrogen and oxygen atoms in total. The molecule has 6 heteroatoms. The Labute approximate surface area is 106 Å². The van der Waals surface area contributed by atoms with E-state index in [2.05, 4.69) is 5.32 Å². The quantitative estimate of drug-likeness (QED) is 0.753. The molecule has 0 aromatic rings. The number of carboxylic acid groups (broad SMARTS) is 1. The predicted octanol–water partition coefficient (Wildman–Crippen LogP) is 0.224. The van der Waals surface area contributed by atoms with Gasteiger partial charge >= 0.3 is 5.97 Å². The van der Waals surface area contributed by atoms with E-state index in [-0.39, 0.29) is 24.3 Å². The van der Waals surface area contributed by atoms with Crippen LogP contribution in [0.5, 0.6) is 0 Å². The van der Waals surface area contributed by atoms with Gasteiger partial charge in [-0.3, -0.25) is 14.4 Å². The number of hydrogen-bond donors (Lipinski definition) is 2. The molecule has 1 unspecified atom stereocenters. The number of likely N-dealkylation sites (tertiary alicyclic amines) is 1. The minimum Gasteiger partial charge on any atom is -0.481 e. The number of nitrogens with one attached hydrogen (secondary N) is 1. The van der Waals surface area contributed by atoms with Gasteiger partial charge in [0.1, 0.15) is 0 Å². The molecular weight excluding hydrogens is 236 g/mol. The summed E-state index contributed by atoms with van der Waals surface area (Å²) in [4.78, 5) is 35.5. The van der Waals surface area contributed by atoms with Crippen molar-refractivity contribution in [2.24, 2.45) is 5.41 Å². The maximum Gasteiger partial charge on any atom is 0.309 e. The first-order valence-corrected chi connectivity index (χ1v) is 5.99. The lowest BCUT2D eigenvalue weighted by Gasteiger charge is -2.30. The Kier molecular flexibility index (Phi) is 4.32. The van der Waals surface area contributed by atoms with Crippen LogP contribution in [0.2, 0.25) is 0 Å². The summed E-state index contributed by atoms with van der Waals surface area (Å²) in [6.07, 6.45) is 0.975. The van der Waals surface area contributed by atoms with Crippen molar-refractivity contribution in [1.82, 2.24) is 10.2 Å². The van der Waals surface area contributed by atoms with Crippen molar-refractivity contribution in [2.45, 2.75) is 39.2 Å². The van der Waals surface area contributed by atoms with E-state index in [1.165, 1.54) is 13.8 Å². The first-order chi connectivity index (χ1) is 8.22. The monoisotopic (exact) mass is 256 g/mol. The first kappa shape index (κ1) is 14.5. The molecule has 1 heterocycles. The molecule has 1 rings (SSSR count). The minimum atomic E-state index is -1.07. The smallest absolute Gasteiger partial charge is 0.309 e. The third-order valence-corrected chi connectivity index (χ3v) is 3.17. The highest BCUT2D eigenvalue weighted by molar-refractivity contribution is 5.84. The zero-order valence-corrected chi connectivity index (χ0v) is 11.0. The van der Waals surface area contributed by atoms with E-state index in [4.69, 9.17) is 5.11 Å². The summed E-state index contributed by atoms with van der Waals surface area (Å²) in [5, 5.41) is 11.7. The fourth-order valence-electron chi connectivity index (χ4n) is 1.89. The second-order valence-corrected chi connectivity index (χ2v) is 5.44. The third kappa shape index (κ3) is 3.72. The van der Waals surface area contributed by atoms with Crippen molar-refractivity contribution in [1.29, 1.82) is 0 Å². The summed E-state index contributed by atoms with van der Waals surface area (Å²) in [6.45, 7) is 3.52. The fourth-order valence-corrected chi connectivity index (χ4v) is 1.89. The van der Waals surface area contributed by atoms with Crippen LogP contribution in [0.25, 0.3) is 0 Å². The maximum atomic E-state index is 11.7. The Morgan fingerprint density at radius 1 is 1.50 bits per heavy atom. The molecule has 1 atom stereocenters. The van der Waals surface area contributed by atoms with E-state index in [1.54, 1.807) is 11.9 Å². The van der Waals surface area contributed by atoms with Gasteiger partial charge in [0.25, 0.3) is 0 Å². The van der Waals surface area contributed by atoms with Crippen molar-refractivity contribution in [3.8, 4) is 0 Å². The van der Waals surface area contributed by atoms with Crippen LogP contribution in [0.3, 0.4) is 0 Å². The van der Waals surface area contributed by atoms with Gasteiger partial charge in [-0.25, -0.2) is 0 Å². The molecule has 0 bridgehead atoms. The number of likely N-dealkylation sites (N-methyl/N-ethyl adjacent to an activating group) is 1. The van der Waals surface area contributed by atoms with Crippen LogP contribution in [-0.4, -0.2) is 47.4 Å². The summed E-state index contributed by atoms with van der Waals surface area (Å²) >= 11 is 0. The number of amides is 2. The van der Waals surface area contributed by atoms with E-state index in [0.29, 0.717) is 19.4 Å². The average molecular weight is 256 g/mol. The van der Waals surface area contributed by atoms with Crippen molar-refractivity contribution < 1.29 is 19.5 Å². The highest BCUT2D eigenvalue weighted by Gasteiger charge is 2.31. The van der Waals surface area contributed by atoms with Gasteiger partial charge in [-0.2, -0.15) is 0 Å². The number of aliphatic carboxylic acids is 1. The van der Waals surface area contributed by atoms with E-state index in [0.717, 1.165) is 0 Å². The van der Waals surface area contributed by atoms with Gasteiger partial charge in [0.2, 0.25) is 11.8 Å². The number of carbonyl (C=O) groups is 3. The van der Waals surface area contributed by atoms with Crippen LogP contribution in [0.1, 0.15) is 33.1 Å². The summed E-state index contributed by atoms with van der Waals surface area (Å²) < 4.78 is 0. The lowest BCUT2D eigenvalue weighted by atomic mass is 9.89. The summed E-state index contributed by atoms with van der Waals surface area (Å²) in [6, 6.07) is -0.0789. The Balaban J connectivity index is 2.46. The molecule has 18 heavy (non-hydrogen) atoms. The Bertz CT molecular complexity index is 365. The average Bonchev–Trinajstić information content (AvgIpc) is 2.22. The van der Waals surface area contributed by atoms with Crippen LogP contribution in [0, 0.1) is 5.41 Å². The Morgan fingerprint density at radius 2 is 2.11 bits per heavy atom. The van der Waals surface area contributed by atoms with Gasteiger partial charge < -0.3 is 15.3 Å². The van der Waals surface area contributed by atoms with Crippen molar-refractivity contribution in [3.05, 3.63) is 0 Å². The largest absolute Gasteiger partial charge is 0.481 e. The topological polar surface area (TPSA) is 86.7 Å². The Morgan fingerprint density at radius 3 is 2.61 bits per heavy atom. The molecule has 1 saturated heterocycles. The normalized spacial score (nSPS) is 20.7. The highest BCUT2D eigenvalue weighted by Crippen LogP contribution is 2.20. The molecule has 0 radical (unpaired) electrons. The van der Waals surface area contributed by atoms with Crippen LogP contribution < -0.4 is 5.32 Å². The summed E-state index contributed by atoms with van der Waals surface area (Å²) in [5.41, 5.74) is -1.07. The number of nitrogens with zero attached hydrogens (tertiary/aromatic N) is 1. The summed E-state index contributed by atoms with van der Waals surface area (Å²) in [5.74, 6) is -1.20. The number of hydrogen-bond acceptors (Lipinski definition) is 3. The van der Waals surface area contributed by atoms with Gasteiger partial charge in [-0.1, -0.05) is 0 Å². The maximum absolute atomic E-state index is 11.7. The Hall–Kier alpha value is -1.59. The standard InChI is InChI=1S/C12H20N2O4/c1-12(2,11(17)18)6-9(15)13-8-4-5-10(16)14(3)7-8/h8H,4-7H2,1-3H3,(H,13,15)(H,17,18). The molecule has 0 aromatic carbocycles. The lowest BCUT2D eigenvalue weighted by Crippen LogP contribution is -2.49. The molecule has 1 fully saturated rings. The van der Waals surface area contributed by atoms with Crippen LogP contribution in [0.4, 0.5) is 0 Å². The molecule has 0 saturated carbocycles. The number of carbonyl (C=O) groups excluding carboxylic acids is 2. The second kappa shape index (κ2) is 5.37. The van der Waals surface area contributed by atoms with E-state index in [9.17, 15) is 14.4 Å². The minimum absolute atomic E-state index is 0.0590. The molecule has 0 aromatic heterocycles. The van der Waals surface area contributed by atoms with Crippen molar-refractivity contribution in [3.63, 3.8) is 0 Å². The molecule has 2 amide bonds. The summed E-state index contributed by atoms with van der Waals surface area (Å²) in [7, 11) is 1.70. The molecule has 1 aliphatic heterocycles. The fraction of sp³-hybridized carbons (Fsp3) is 0.750. The first-order valence-electron chi connectivity index (χ1n) is 5.99. The number of carboxylic acids is 1. The zero-order valence-electron chi connectivity index (χ0n) is 11.0. The van der Waals surface area contributed by atoms with Gasteiger partial charge in [0.15, 0.2) is 0 Å². The number of rotatable bonds is 4. The van der Waals surface area contributed by atoms with Crippen LogP contribution >= 0.6 is 0 Å². The van der Waals surface area contributed by atoms with Crippen LogP contribution in [0.15, 0.2) is 0 Å². The lowest BCUT2D eigenvalue weighted by molar-refractivity contribution is -0.149. The van der Waals surface area contributed by atoms with Crippen LogP contribution in [-0.2, 0) is 14.4 Å². The van der Waals surface area contributed by atoms with Gasteiger partial charge in [-0.15, -0.1) is 0 Å². The zero-order chi connectivity index (χ0) is 13.9. The molecule has 1 aliphatic rings. The van der Waals surface area contributed by atoms with Gasteiger partial charge in [-0.05, 0) is 20.3 Å². The van der Waals surface area contributed by atoms with Gasteiger partial charge in [0.05, 0.1) is 5.41 Å². The SMILES string of the molecule is CN1CC(NC(=O)CC(C)(C)C(=O)O)CCC1=O. The molecule has 0 spiro atoms. The molecule has 102 valence electrons. The van der Waals surface area contributed by atoms with E-state index in [1.807, 2.05) is 0 Å². The predicted molar refractivity (Wildman–Crippen MR) is 64.8 cm³/mol. The van der Waals surface area contributed by atoms with Gasteiger partial charge in [0, 0.05) is 32.5 Å².